The molecule has 0 spiro atoms. The van der Waals surface area contributed by atoms with E-state index in [9.17, 15) is 0 Å². The molecule has 6 heteroatoms. The molecule has 0 fully saturated rings. The lowest BCUT2D eigenvalue weighted by molar-refractivity contribution is 0.163. The lowest BCUT2D eigenvalue weighted by atomic mass is 10.2. The molecule has 2 heterocycles. The van der Waals surface area contributed by atoms with Crippen LogP contribution < -0.4 is 10.1 Å². The molecular formula is C15H19N3O2S. The Hall–Kier alpha value is -1.69. The Morgan fingerprint density at radius 1 is 1.33 bits per heavy atom. The molecule has 1 aromatic heterocycles. The standard InChI is InChI=1S/C15H19N3O2S/c1-15(2,3)21-9-13-17-14(20-18-13)12-8-16-10-6-4-5-7-11(10)19-12/h4-7,12,16H,8-9H2,1-3H3. The predicted octanol–water partition coefficient (Wildman–Crippen LogP) is 3.65. The molecule has 112 valence electrons. The van der Waals surface area contributed by atoms with E-state index in [-0.39, 0.29) is 10.9 Å². The van der Waals surface area contributed by atoms with Crippen molar-refractivity contribution < 1.29 is 9.26 Å². The van der Waals surface area contributed by atoms with Crippen LogP contribution in [0.15, 0.2) is 28.8 Å². The number of para-hydroxylation sites is 2. The van der Waals surface area contributed by atoms with E-state index in [1.54, 1.807) is 11.8 Å². The number of thioether (sulfide) groups is 1. The molecule has 1 N–H and O–H groups in total. The van der Waals surface area contributed by atoms with Gasteiger partial charge in [-0.25, -0.2) is 0 Å². The number of ether oxygens (including phenoxy) is 1. The van der Waals surface area contributed by atoms with E-state index in [0.717, 1.165) is 17.2 Å². The first-order valence-corrected chi connectivity index (χ1v) is 7.96. The Bertz CT molecular complexity index is 621. The summed E-state index contributed by atoms with van der Waals surface area (Å²) in [4.78, 5) is 4.45. The third kappa shape index (κ3) is 3.50. The summed E-state index contributed by atoms with van der Waals surface area (Å²) >= 11 is 1.79. The van der Waals surface area contributed by atoms with Gasteiger partial charge >= 0.3 is 0 Å². The second-order valence-corrected chi connectivity index (χ2v) is 7.74. The quantitative estimate of drug-likeness (QED) is 0.934. The van der Waals surface area contributed by atoms with Crippen LogP contribution in [0.4, 0.5) is 5.69 Å². The minimum absolute atomic E-state index is 0.183. The maximum absolute atomic E-state index is 5.91. The van der Waals surface area contributed by atoms with Gasteiger partial charge in [0.05, 0.1) is 18.0 Å². The molecule has 21 heavy (non-hydrogen) atoms. The fraction of sp³-hybridized carbons (Fsp3) is 0.467. The van der Waals surface area contributed by atoms with E-state index in [2.05, 4.69) is 36.2 Å². The zero-order chi connectivity index (χ0) is 14.9. The molecule has 0 saturated heterocycles. The van der Waals surface area contributed by atoms with Gasteiger partial charge < -0.3 is 14.6 Å². The first kappa shape index (κ1) is 14.3. The molecule has 0 amide bonds. The first-order chi connectivity index (χ1) is 10.0. The number of nitrogens with zero attached hydrogens (tertiary/aromatic N) is 2. The Balaban J connectivity index is 1.67. The van der Waals surface area contributed by atoms with Crippen LogP contribution in [0.3, 0.4) is 0 Å². The minimum atomic E-state index is -0.235. The van der Waals surface area contributed by atoms with Crippen LogP contribution in [-0.2, 0) is 5.75 Å². The molecule has 3 rings (SSSR count). The van der Waals surface area contributed by atoms with E-state index in [4.69, 9.17) is 9.26 Å². The highest BCUT2D eigenvalue weighted by Gasteiger charge is 2.26. The fourth-order valence-electron chi connectivity index (χ4n) is 1.99. The smallest absolute Gasteiger partial charge is 0.269 e. The Kier molecular flexibility index (Phi) is 3.80. The summed E-state index contributed by atoms with van der Waals surface area (Å²) < 4.78 is 11.4. The molecule has 0 bridgehead atoms. The van der Waals surface area contributed by atoms with E-state index in [1.807, 2.05) is 24.3 Å². The molecule has 1 unspecified atom stereocenters. The second kappa shape index (κ2) is 5.60. The number of hydrogen-bond donors (Lipinski definition) is 1. The number of aromatic nitrogens is 2. The maximum atomic E-state index is 5.91. The van der Waals surface area contributed by atoms with E-state index >= 15 is 0 Å². The summed E-state index contributed by atoms with van der Waals surface area (Å²) in [5.41, 5.74) is 0.997. The van der Waals surface area contributed by atoms with Crippen molar-refractivity contribution in [2.45, 2.75) is 37.4 Å². The van der Waals surface area contributed by atoms with E-state index in [1.165, 1.54) is 0 Å². The molecule has 0 radical (unpaired) electrons. The molecule has 1 aliphatic heterocycles. The topological polar surface area (TPSA) is 60.2 Å². The van der Waals surface area contributed by atoms with Crippen molar-refractivity contribution in [2.24, 2.45) is 0 Å². The highest BCUT2D eigenvalue weighted by molar-refractivity contribution is 7.99. The highest BCUT2D eigenvalue weighted by atomic mass is 32.2. The number of hydrogen-bond acceptors (Lipinski definition) is 6. The van der Waals surface area contributed by atoms with Crippen LogP contribution in [-0.4, -0.2) is 21.4 Å². The van der Waals surface area contributed by atoms with E-state index < -0.39 is 0 Å². The van der Waals surface area contributed by atoms with Gasteiger partial charge in [-0.2, -0.15) is 4.98 Å². The van der Waals surface area contributed by atoms with Crippen molar-refractivity contribution >= 4 is 17.4 Å². The molecule has 1 aliphatic rings. The van der Waals surface area contributed by atoms with Crippen LogP contribution in [0.2, 0.25) is 0 Å². The highest BCUT2D eigenvalue weighted by Crippen LogP contribution is 2.33. The first-order valence-electron chi connectivity index (χ1n) is 6.97. The third-order valence-electron chi connectivity index (χ3n) is 3.03. The van der Waals surface area contributed by atoms with Crippen molar-refractivity contribution in [3.8, 4) is 5.75 Å². The van der Waals surface area contributed by atoms with Gasteiger partial charge in [-0.05, 0) is 12.1 Å². The summed E-state index contributed by atoms with van der Waals surface area (Å²) in [5.74, 6) is 2.80. The van der Waals surface area contributed by atoms with Gasteiger partial charge in [0.2, 0.25) is 0 Å². The van der Waals surface area contributed by atoms with Gasteiger partial charge in [-0.15, -0.1) is 11.8 Å². The van der Waals surface area contributed by atoms with Gasteiger partial charge in [0, 0.05) is 4.75 Å². The maximum Gasteiger partial charge on any atom is 0.269 e. The Labute approximate surface area is 128 Å². The minimum Gasteiger partial charge on any atom is -0.477 e. The molecule has 1 atom stereocenters. The molecule has 1 aromatic carbocycles. The van der Waals surface area contributed by atoms with Crippen molar-refractivity contribution in [2.75, 3.05) is 11.9 Å². The molecule has 0 saturated carbocycles. The van der Waals surface area contributed by atoms with E-state index in [0.29, 0.717) is 18.3 Å². The summed E-state index contributed by atoms with van der Waals surface area (Å²) in [7, 11) is 0. The third-order valence-corrected chi connectivity index (χ3v) is 4.30. The van der Waals surface area contributed by atoms with Crippen LogP contribution >= 0.6 is 11.8 Å². The number of nitrogens with one attached hydrogen (secondary N) is 1. The van der Waals surface area contributed by atoms with Crippen molar-refractivity contribution in [1.29, 1.82) is 0 Å². The van der Waals surface area contributed by atoms with Crippen LogP contribution in [0.1, 0.15) is 38.6 Å². The summed E-state index contributed by atoms with van der Waals surface area (Å²) in [5, 5.41) is 7.35. The number of anilines is 1. The zero-order valence-corrected chi connectivity index (χ0v) is 13.2. The SMILES string of the molecule is CC(C)(C)SCc1noc(C2CNc3ccccc3O2)n1. The van der Waals surface area contributed by atoms with Crippen LogP contribution in [0.5, 0.6) is 5.75 Å². The van der Waals surface area contributed by atoms with Crippen LogP contribution in [0.25, 0.3) is 0 Å². The molecule has 2 aromatic rings. The van der Waals surface area contributed by atoms with Crippen molar-refractivity contribution in [3.05, 3.63) is 36.0 Å². The lowest BCUT2D eigenvalue weighted by Gasteiger charge is -2.24. The van der Waals surface area contributed by atoms with Gasteiger partial charge in [-0.1, -0.05) is 38.1 Å². The summed E-state index contributed by atoms with van der Waals surface area (Å²) in [6.07, 6.45) is -0.235. The monoisotopic (exact) mass is 305 g/mol. The van der Waals surface area contributed by atoms with Crippen molar-refractivity contribution in [1.82, 2.24) is 10.1 Å². The predicted molar refractivity (Wildman–Crippen MR) is 83.6 cm³/mol. The lowest BCUT2D eigenvalue weighted by Crippen LogP contribution is -2.23. The molecule has 0 aliphatic carbocycles. The van der Waals surface area contributed by atoms with Gasteiger partial charge in [0.25, 0.3) is 5.89 Å². The zero-order valence-electron chi connectivity index (χ0n) is 12.4. The number of fused-ring (bicyclic) bond motifs is 1. The summed E-state index contributed by atoms with van der Waals surface area (Å²) in [6.45, 7) is 7.14. The van der Waals surface area contributed by atoms with Crippen LogP contribution in [0, 0.1) is 0 Å². The van der Waals surface area contributed by atoms with Gasteiger partial charge in [0.1, 0.15) is 5.75 Å². The molecule has 5 nitrogen and oxygen atoms in total. The Morgan fingerprint density at radius 2 is 2.14 bits per heavy atom. The average Bonchev–Trinajstić information content (AvgIpc) is 2.93. The fourth-order valence-corrected chi connectivity index (χ4v) is 2.67. The van der Waals surface area contributed by atoms with Gasteiger partial charge in [-0.3, -0.25) is 0 Å². The largest absolute Gasteiger partial charge is 0.477 e. The molecular weight excluding hydrogens is 286 g/mol. The number of rotatable bonds is 3. The normalized spacial score (nSPS) is 17.8. The Morgan fingerprint density at radius 3 is 2.95 bits per heavy atom. The second-order valence-electron chi connectivity index (χ2n) is 5.93. The number of benzene rings is 1. The summed E-state index contributed by atoms with van der Waals surface area (Å²) in [6, 6.07) is 7.85. The average molecular weight is 305 g/mol. The van der Waals surface area contributed by atoms with Crippen molar-refractivity contribution in [3.63, 3.8) is 0 Å². The van der Waals surface area contributed by atoms with Gasteiger partial charge in [0.15, 0.2) is 11.9 Å².